The first-order valence-corrected chi connectivity index (χ1v) is 11.6. The first-order valence-electron chi connectivity index (χ1n) is 10.8. The van der Waals surface area contributed by atoms with Gasteiger partial charge in [-0.15, -0.1) is 0 Å². The predicted octanol–water partition coefficient (Wildman–Crippen LogP) is 4.04. The number of amides is 1. The first kappa shape index (κ1) is 22.1. The number of nitrogen functional groups attached to an aromatic ring is 1. The maximum absolute atomic E-state index is 13.1. The van der Waals surface area contributed by atoms with Crippen molar-refractivity contribution in [3.8, 4) is 22.4 Å². The third-order valence-electron chi connectivity index (χ3n) is 6.42. The van der Waals surface area contributed by atoms with E-state index in [0.29, 0.717) is 39.1 Å². The Kier molecular flexibility index (Phi) is 5.51. The predicted molar refractivity (Wildman–Crippen MR) is 130 cm³/mol. The molecule has 33 heavy (non-hydrogen) atoms. The Bertz CT molecular complexity index is 1210. The Morgan fingerprint density at radius 3 is 2.33 bits per heavy atom. The van der Waals surface area contributed by atoms with Crippen LogP contribution < -0.4 is 5.73 Å². The zero-order valence-electron chi connectivity index (χ0n) is 18.5. The fourth-order valence-electron chi connectivity index (χ4n) is 5.04. The summed E-state index contributed by atoms with van der Waals surface area (Å²) in [6.45, 7) is 5.55. The zero-order chi connectivity index (χ0) is 23.3. The van der Waals surface area contributed by atoms with Crippen LogP contribution in [0.25, 0.3) is 22.4 Å². The molecule has 7 nitrogen and oxygen atoms in total. The fraction of sp³-hybridized carbons (Fsp3) is 0.333. The van der Waals surface area contributed by atoms with Gasteiger partial charge in [-0.2, -0.15) is 0 Å². The Morgan fingerprint density at radius 2 is 1.76 bits per heavy atom. The number of likely N-dealkylation sites (tertiary alicyclic amines) is 2. The molecule has 170 valence electrons. The number of nitrogens with two attached hydrogens (primary N) is 1. The highest BCUT2D eigenvalue weighted by Gasteiger charge is 2.52. The van der Waals surface area contributed by atoms with Crippen molar-refractivity contribution in [2.45, 2.75) is 13.3 Å². The van der Waals surface area contributed by atoms with E-state index >= 15 is 0 Å². The number of pyridine rings is 1. The highest BCUT2D eigenvalue weighted by Crippen LogP contribution is 2.42. The lowest BCUT2D eigenvalue weighted by Crippen LogP contribution is -2.72. The van der Waals surface area contributed by atoms with Crippen molar-refractivity contribution in [3.63, 3.8) is 0 Å². The van der Waals surface area contributed by atoms with Crippen LogP contribution in [-0.2, 0) is 6.42 Å². The molecule has 0 unspecified atom stereocenters. The van der Waals surface area contributed by atoms with E-state index in [1.807, 2.05) is 17.9 Å². The summed E-state index contributed by atoms with van der Waals surface area (Å²) in [5.74, 6) is 0.307. The summed E-state index contributed by atoms with van der Waals surface area (Å²) >= 11 is 13.3. The van der Waals surface area contributed by atoms with Gasteiger partial charge < -0.3 is 15.5 Å². The van der Waals surface area contributed by atoms with Gasteiger partial charge in [0.15, 0.2) is 0 Å². The van der Waals surface area contributed by atoms with Crippen LogP contribution in [0.15, 0.2) is 36.8 Å². The highest BCUT2D eigenvalue weighted by molar-refractivity contribution is 6.40. The molecule has 2 saturated heterocycles. The molecule has 0 aliphatic carbocycles. The van der Waals surface area contributed by atoms with E-state index < -0.39 is 0 Å². The molecule has 0 radical (unpaired) electrons. The van der Waals surface area contributed by atoms with Crippen molar-refractivity contribution in [2.24, 2.45) is 5.41 Å². The number of aryl methyl sites for hydroxylation is 1. The number of nitrogens with zero attached hydrogens (tertiary/aromatic N) is 5. The topological polar surface area (TPSA) is 88.2 Å². The molecule has 1 spiro atoms. The molecule has 2 aliphatic rings. The summed E-state index contributed by atoms with van der Waals surface area (Å²) in [4.78, 5) is 30.4. The van der Waals surface area contributed by atoms with Crippen molar-refractivity contribution in [1.82, 2.24) is 24.8 Å². The number of carbonyl (C=O) groups is 1. The molecular weight excluding hydrogens is 459 g/mol. The summed E-state index contributed by atoms with van der Waals surface area (Å²) in [5.41, 5.74) is 10.3. The molecule has 0 atom stereocenters. The third-order valence-corrected chi connectivity index (χ3v) is 7.01. The van der Waals surface area contributed by atoms with Crippen LogP contribution >= 0.6 is 23.2 Å². The summed E-state index contributed by atoms with van der Waals surface area (Å²) < 4.78 is 0. The molecule has 3 aromatic rings. The van der Waals surface area contributed by atoms with Gasteiger partial charge >= 0.3 is 0 Å². The fourth-order valence-corrected chi connectivity index (χ4v) is 5.69. The molecule has 0 bridgehead atoms. The maximum atomic E-state index is 13.1. The van der Waals surface area contributed by atoms with Crippen molar-refractivity contribution in [2.75, 3.05) is 39.0 Å². The van der Waals surface area contributed by atoms with E-state index in [4.69, 9.17) is 28.9 Å². The molecule has 4 heterocycles. The molecule has 9 heteroatoms. The standard InChI is InChI=1S/C24H24Cl2N6O/c1-3-18-20(14-4-5-19(27)28-8-14)22(30-13-29-18)15-6-16(25)21(17(26)7-15)23(33)32-11-24(12-32)9-31(2)10-24/h4-8,13H,3,9-12H2,1-2H3,(H2,27,28). The van der Waals surface area contributed by atoms with Gasteiger partial charge in [0.25, 0.3) is 5.91 Å². The number of aromatic nitrogens is 3. The SMILES string of the molecule is CCc1ncnc(-c2cc(Cl)c(C(=O)N3CC4(CN(C)C4)C3)c(Cl)c2)c1-c1ccc(N)nc1. The lowest BCUT2D eigenvalue weighted by Gasteiger charge is -2.59. The van der Waals surface area contributed by atoms with Crippen LogP contribution in [0.1, 0.15) is 23.0 Å². The second-order valence-electron chi connectivity index (χ2n) is 9.02. The lowest BCUT2D eigenvalue weighted by atomic mass is 9.73. The summed E-state index contributed by atoms with van der Waals surface area (Å²) in [7, 11) is 2.09. The minimum absolute atomic E-state index is 0.128. The smallest absolute Gasteiger partial charge is 0.256 e. The average molecular weight is 483 g/mol. The molecule has 1 aromatic carbocycles. The summed E-state index contributed by atoms with van der Waals surface area (Å²) in [5, 5.41) is 0.624. The molecule has 1 amide bonds. The average Bonchev–Trinajstić information content (AvgIpc) is 2.74. The van der Waals surface area contributed by atoms with Gasteiger partial charge in [-0.1, -0.05) is 30.1 Å². The van der Waals surface area contributed by atoms with Crippen LogP contribution in [-0.4, -0.2) is 63.9 Å². The van der Waals surface area contributed by atoms with Gasteiger partial charge in [0, 0.05) is 54.5 Å². The van der Waals surface area contributed by atoms with E-state index in [1.54, 1.807) is 24.4 Å². The monoisotopic (exact) mass is 482 g/mol. The van der Waals surface area contributed by atoms with Crippen molar-refractivity contribution >= 4 is 34.9 Å². The van der Waals surface area contributed by atoms with E-state index in [2.05, 4.69) is 26.9 Å². The molecular formula is C24H24Cl2N6O. The Labute approximate surface area is 202 Å². The van der Waals surface area contributed by atoms with E-state index in [-0.39, 0.29) is 11.3 Å². The van der Waals surface area contributed by atoms with Crippen LogP contribution in [0, 0.1) is 5.41 Å². The number of halogens is 2. The molecule has 5 rings (SSSR count). The van der Waals surface area contributed by atoms with Gasteiger partial charge in [0.05, 0.1) is 27.0 Å². The van der Waals surface area contributed by atoms with Crippen molar-refractivity contribution in [3.05, 3.63) is 58.1 Å². The minimum Gasteiger partial charge on any atom is -0.384 e. The van der Waals surface area contributed by atoms with E-state index in [0.717, 1.165) is 43.0 Å². The second kappa shape index (κ2) is 8.24. The van der Waals surface area contributed by atoms with Crippen molar-refractivity contribution in [1.29, 1.82) is 0 Å². The van der Waals surface area contributed by atoms with Crippen LogP contribution in [0.3, 0.4) is 0 Å². The number of carbonyl (C=O) groups excluding carboxylic acids is 1. The van der Waals surface area contributed by atoms with Gasteiger partial charge in [-0.25, -0.2) is 15.0 Å². The Morgan fingerprint density at radius 1 is 1.06 bits per heavy atom. The first-order chi connectivity index (χ1) is 15.8. The number of hydrogen-bond donors (Lipinski definition) is 1. The van der Waals surface area contributed by atoms with Gasteiger partial charge in [0.1, 0.15) is 12.1 Å². The van der Waals surface area contributed by atoms with Crippen LogP contribution in [0.4, 0.5) is 5.82 Å². The molecule has 0 saturated carbocycles. The zero-order valence-corrected chi connectivity index (χ0v) is 20.0. The van der Waals surface area contributed by atoms with Gasteiger partial charge in [-0.05, 0) is 37.7 Å². The number of benzene rings is 1. The number of rotatable bonds is 4. The van der Waals surface area contributed by atoms with Crippen LogP contribution in [0.5, 0.6) is 0 Å². The molecule has 2 fully saturated rings. The van der Waals surface area contributed by atoms with E-state index in [9.17, 15) is 4.79 Å². The van der Waals surface area contributed by atoms with Gasteiger partial charge in [-0.3, -0.25) is 4.79 Å². The quantitative estimate of drug-likeness (QED) is 0.603. The summed E-state index contributed by atoms with van der Waals surface area (Å²) in [6.07, 6.45) is 3.94. The molecule has 2 aliphatic heterocycles. The number of anilines is 1. The largest absolute Gasteiger partial charge is 0.384 e. The highest BCUT2D eigenvalue weighted by atomic mass is 35.5. The number of hydrogen-bond acceptors (Lipinski definition) is 6. The molecule has 2 N–H and O–H groups in total. The van der Waals surface area contributed by atoms with Crippen LogP contribution in [0.2, 0.25) is 10.0 Å². The summed E-state index contributed by atoms with van der Waals surface area (Å²) in [6, 6.07) is 7.14. The normalized spacial score (nSPS) is 17.0. The maximum Gasteiger partial charge on any atom is 0.256 e. The molecule has 2 aromatic heterocycles. The Hall–Kier alpha value is -2.74. The minimum atomic E-state index is -0.128. The van der Waals surface area contributed by atoms with Crippen molar-refractivity contribution < 1.29 is 4.79 Å². The second-order valence-corrected chi connectivity index (χ2v) is 9.83. The Balaban J connectivity index is 1.50. The van der Waals surface area contributed by atoms with E-state index in [1.165, 1.54) is 6.33 Å². The third kappa shape index (κ3) is 3.84. The lowest BCUT2D eigenvalue weighted by molar-refractivity contribution is -0.0871. The van der Waals surface area contributed by atoms with Gasteiger partial charge in [0.2, 0.25) is 0 Å².